The van der Waals surface area contributed by atoms with Crippen LogP contribution in [0.3, 0.4) is 0 Å². The molecule has 0 aliphatic rings. The summed E-state index contributed by atoms with van der Waals surface area (Å²) in [7, 11) is 0. The number of aromatic nitrogens is 2. The molecular formula is C16H13N3O2. The summed E-state index contributed by atoms with van der Waals surface area (Å²) in [6.07, 6.45) is 4.63. The topological polar surface area (TPSA) is 89.1 Å². The molecule has 0 radical (unpaired) electrons. The third-order valence-corrected chi connectivity index (χ3v) is 3.50. The Hall–Kier alpha value is -2.95. The molecule has 0 bridgehead atoms. The van der Waals surface area contributed by atoms with Gasteiger partial charge in [-0.15, -0.1) is 0 Å². The van der Waals surface area contributed by atoms with Crippen LogP contribution in [0.25, 0.3) is 21.9 Å². The second-order valence-electron chi connectivity index (χ2n) is 4.79. The second kappa shape index (κ2) is 4.86. The Morgan fingerprint density at radius 2 is 2.05 bits per heavy atom. The Bertz CT molecular complexity index is 859. The molecule has 5 nitrogen and oxygen atoms in total. The largest absolute Gasteiger partial charge is 0.506 e. The fourth-order valence-corrected chi connectivity index (χ4v) is 2.34. The number of benzene rings is 1. The van der Waals surface area contributed by atoms with Gasteiger partial charge in [0.05, 0.1) is 6.20 Å². The van der Waals surface area contributed by atoms with Gasteiger partial charge in [-0.25, -0.2) is 0 Å². The highest BCUT2D eigenvalue weighted by molar-refractivity contribution is 6.05. The molecule has 3 aromatic rings. The van der Waals surface area contributed by atoms with Gasteiger partial charge in [-0.1, -0.05) is 12.1 Å². The van der Waals surface area contributed by atoms with Gasteiger partial charge in [0.1, 0.15) is 11.4 Å². The Morgan fingerprint density at radius 1 is 1.24 bits per heavy atom. The zero-order valence-corrected chi connectivity index (χ0v) is 11.4. The number of carbonyl (C=O) groups is 1. The van der Waals surface area contributed by atoms with Gasteiger partial charge in [0.15, 0.2) is 0 Å². The lowest BCUT2D eigenvalue weighted by molar-refractivity contribution is 0.0997. The van der Waals surface area contributed by atoms with Crippen LogP contribution in [0.1, 0.15) is 16.1 Å². The minimum Gasteiger partial charge on any atom is -0.506 e. The molecule has 0 fully saturated rings. The Kier molecular flexibility index (Phi) is 3.02. The number of rotatable bonds is 2. The van der Waals surface area contributed by atoms with Gasteiger partial charge in [0.25, 0.3) is 5.91 Å². The van der Waals surface area contributed by atoms with E-state index in [0.717, 1.165) is 22.1 Å². The summed E-state index contributed by atoms with van der Waals surface area (Å²) < 4.78 is 0. The van der Waals surface area contributed by atoms with E-state index in [4.69, 9.17) is 5.73 Å². The van der Waals surface area contributed by atoms with Gasteiger partial charge in [-0.05, 0) is 30.0 Å². The highest BCUT2D eigenvalue weighted by atomic mass is 16.3. The molecule has 3 N–H and O–H groups in total. The van der Waals surface area contributed by atoms with Crippen LogP contribution >= 0.6 is 0 Å². The minimum atomic E-state index is -0.566. The number of hydrogen-bond donors (Lipinski definition) is 2. The van der Waals surface area contributed by atoms with Crippen LogP contribution in [0.4, 0.5) is 0 Å². The fraction of sp³-hybridized carbons (Fsp3) is 0.0625. The summed E-state index contributed by atoms with van der Waals surface area (Å²) in [4.78, 5) is 19.5. The molecule has 1 aromatic carbocycles. The summed E-state index contributed by atoms with van der Waals surface area (Å²) in [6, 6.07) is 7.46. The van der Waals surface area contributed by atoms with Crippen LogP contribution in [0.15, 0.2) is 42.9 Å². The number of nitrogens with zero attached hydrogens (tertiary/aromatic N) is 2. The summed E-state index contributed by atoms with van der Waals surface area (Å²) >= 11 is 0. The van der Waals surface area contributed by atoms with E-state index in [0.29, 0.717) is 5.39 Å². The Balaban J connectivity index is 2.28. The molecule has 0 spiro atoms. The average Bonchev–Trinajstić information content (AvgIpc) is 2.48. The number of aromatic hydroxyl groups is 1. The van der Waals surface area contributed by atoms with Gasteiger partial charge in [-0.3, -0.25) is 14.8 Å². The van der Waals surface area contributed by atoms with Crippen molar-refractivity contribution in [2.24, 2.45) is 5.73 Å². The van der Waals surface area contributed by atoms with Crippen molar-refractivity contribution in [2.75, 3.05) is 0 Å². The van der Waals surface area contributed by atoms with Gasteiger partial charge in [0, 0.05) is 28.9 Å². The normalized spacial score (nSPS) is 10.7. The standard InChI is InChI=1S/C16H13N3O2/c1-9-13(7-18-8-14(9)20)11-3-2-10-4-5-19-15(16(17)21)12(10)6-11/h2-8,20H,1H3,(H2,17,21). The fourth-order valence-electron chi connectivity index (χ4n) is 2.34. The van der Waals surface area contributed by atoms with Crippen molar-refractivity contribution in [3.05, 3.63) is 54.1 Å². The lowest BCUT2D eigenvalue weighted by Crippen LogP contribution is -2.13. The van der Waals surface area contributed by atoms with E-state index in [-0.39, 0.29) is 11.4 Å². The highest BCUT2D eigenvalue weighted by Gasteiger charge is 2.11. The maximum absolute atomic E-state index is 11.5. The van der Waals surface area contributed by atoms with Crippen LogP contribution < -0.4 is 5.73 Å². The minimum absolute atomic E-state index is 0.133. The van der Waals surface area contributed by atoms with Crippen molar-refractivity contribution >= 4 is 16.7 Å². The smallest absolute Gasteiger partial charge is 0.267 e. The number of hydrogen-bond acceptors (Lipinski definition) is 4. The van der Waals surface area contributed by atoms with Crippen LogP contribution in [0.5, 0.6) is 5.75 Å². The quantitative estimate of drug-likeness (QED) is 0.753. The molecule has 2 aromatic heterocycles. The number of carbonyl (C=O) groups excluding carboxylic acids is 1. The van der Waals surface area contributed by atoms with Crippen LogP contribution in [-0.2, 0) is 0 Å². The van der Waals surface area contributed by atoms with Crippen molar-refractivity contribution in [2.45, 2.75) is 6.92 Å². The van der Waals surface area contributed by atoms with Crippen molar-refractivity contribution in [1.82, 2.24) is 9.97 Å². The van der Waals surface area contributed by atoms with E-state index in [1.54, 1.807) is 12.4 Å². The van der Waals surface area contributed by atoms with Crippen molar-refractivity contribution in [3.63, 3.8) is 0 Å². The van der Waals surface area contributed by atoms with E-state index in [1.165, 1.54) is 6.20 Å². The molecule has 0 unspecified atom stereocenters. The van der Waals surface area contributed by atoms with Crippen molar-refractivity contribution in [3.8, 4) is 16.9 Å². The number of nitrogens with two attached hydrogens (primary N) is 1. The highest BCUT2D eigenvalue weighted by Crippen LogP contribution is 2.30. The molecule has 104 valence electrons. The second-order valence-corrected chi connectivity index (χ2v) is 4.79. The summed E-state index contributed by atoms with van der Waals surface area (Å²) in [6.45, 7) is 1.81. The predicted octanol–water partition coefficient (Wildman–Crippen LogP) is 2.41. The number of fused-ring (bicyclic) bond motifs is 1. The monoisotopic (exact) mass is 279 g/mol. The van der Waals surface area contributed by atoms with E-state index >= 15 is 0 Å². The van der Waals surface area contributed by atoms with Crippen molar-refractivity contribution in [1.29, 1.82) is 0 Å². The molecule has 5 heteroatoms. The maximum atomic E-state index is 11.5. The molecule has 0 aliphatic heterocycles. The third kappa shape index (κ3) is 2.18. The summed E-state index contributed by atoms with van der Waals surface area (Å²) in [5.41, 5.74) is 7.98. The van der Waals surface area contributed by atoms with E-state index in [9.17, 15) is 9.90 Å². The van der Waals surface area contributed by atoms with Crippen LogP contribution in [0.2, 0.25) is 0 Å². The van der Waals surface area contributed by atoms with Crippen LogP contribution in [-0.4, -0.2) is 21.0 Å². The zero-order chi connectivity index (χ0) is 15.0. The molecule has 0 saturated carbocycles. The molecule has 2 heterocycles. The summed E-state index contributed by atoms with van der Waals surface area (Å²) in [5.74, 6) is -0.433. The first-order valence-corrected chi connectivity index (χ1v) is 6.40. The first-order valence-electron chi connectivity index (χ1n) is 6.40. The van der Waals surface area contributed by atoms with Crippen LogP contribution in [0, 0.1) is 6.92 Å². The average molecular weight is 279 g/mol. The summed E-state index contributed by atoms with van der Waals surface area (Å²) in [5, 5.41) is 11.3. The molecule has 0 aliphatic carbocycles. The number of amides is 1. The molecule has 1 amide bonds. The zero-order valence-electron chi connectivity index (χ0n) is 11.4. The van der Waals surface area contributed by atoms with E-state index < -0.39 is 5.91 Å². The lowest BCUT2D eigenvalue weighted by Gasteiger charge is -2.09. The van der Waals surface area contributed by atoms with Gasteiger partial charge < -0.3 is 10.8 Å². The van der Waals surface area contributed by atoms with Gasteiger partial charge in [0.2, 0.25) is 0 Å². The predicted molar refractivity (Wildman–Crippen MR) is 79.9 cm³/mol. The molecule has 3 rings (SSSR count). The van der Waals surface area contributed by atoms with Gasteiger partial charge in [-0.2, -0.15) is 0 Å². The lowest BCUT2D eigenvalue weighted by atomic mass is 9.98. The molecule has 0 saturated heterocycles. The molecule has 0 atom stereocenters. The number of primary amides is 1. The van der Waals surface area contributed by atoms with Crippen molar-refractivity contribution < 1.29 is 9.90 Å². The van der Waals surface area contributed by atoms with E-state index in [1.807, 2.05) is 31.2 Å². The number of pyridine rings is 2. The first kappa shape index (κ1) is 13.1. The Morgan fingerprint density at radius 3 is 2.81 bits per heavy atom. The van der Waals surface area contributed by atoms with Gasteiger partial charge >= 0.3 is 0 Å². The first-order chi connectivity index (χ1) is 10.1. The van der Waals surface area contributed by atoms with E-state index in [2.05, 4.69) is 9.97 Å². The third-order valence-electron chi connectivity index (χ3n) is 3.50. The SMILES string of the molecule is Cc1c(O)cncc1-c1ccc2ccnc(C(N)=O)c2c1. The molecular weight excluding hydrogens is 266 g/mol. The maximum Gasteiger partial charge on any atom is 0.267 e. The molecule has 21 heavy (non-hydrogen) atoms. The Labute approximate surface area is 121 Å².